The average Bonchev–Trinajstić information content (AvgIpc) is 2.35. The lowest BCUT2D eigenvalue weighted by atomic mass is 10.0. The van der Waals surface area contributed by atoms with Crippen LogP contribution in [0.4, 0.5) is 0 Å². The van der Waals surface area contributed by atoms with Gasteiger partial charge in [-0.2, -0.15) is 0 Å². The Labute approximate surface area is 106 Å². The maximum absolute atomic E-state index is 5.89. The van der Waals surface area contributed by atoms with E-state index in [0.29, 0.717) is 12.1 Å². The molecule has 1 rings (SSSR count). The Morgan fingerprint density at radius 3 is 3.00 bits per heavy atom. The number of hydrogen-bond acceptors (Lipinski definition) is 4. The van der Waals surface area contributed by atoms with Crippen molar-refractivity contribution in [3.05, 3.63) is 0 Å². The Balaban J connectivity index is 2.33. The fourth-order valence-electron chi connectivity index (χ4n) is 2.46. The summed E-state index contributed by atoms with van der Waals surface area (Å²) in [7, 11) is 3.79. The van der Waals surface area contributed by atoms with Crippen LogP contribution >= 0.6 is 0 Å². The molecule has 0 aromatic rings. The first-order chi connectivity index (χ1) is 8.31. The van der Waals surface area contributed by atoms with Crippen molar-refractivity contribution in [1.82, 2.24) is 10.2 Å². The Kier molecular flexibility index (Phi) is 7.77. The number of likely N-dealkylation sites (N-methyl/N-ethyl adjacent to an activating group) is 1. The molecule has 0 amide bonds. The minimum atomic E-state index is 0.331. The normalized spacial score (nSPS) is 23.8. The molecule has 1 heterocycles. The molecule has 0 radical (unpaired) electrons. The largest absolute Gasteiger partial charge is 0.385 e. The Bertz CT molecular complexity index is 188. The Morgan fingerprint density at radius 2 is 2.35 bits per heavy atom. The lowest BCUT2D eigenvalue weighted by Crippen LogP contribution is -2.51. The third-order valence-corrected chi connectivity index (χ3v) is 3.40. The van der Waals surface area contributed by atoms with E-state index in [4.69, 9.17) is 9.47 Å². The number of rotatable bonds is 8. The van der Waals surface area contributed by atoms with Crippen molar-refractivity contribution in [2.45, 2.75) is 38.3 Å². The van der Waals surface area contributed by atoms with Gasteiger partial charge >= 0.3 is 0 Å². The van der Waals surface area contributed by atoms with Gasteiger partial charge in [-0.1, -0.05) is 6.92 Å². The van der Waals surface area contributed by atoms with Crippen molar-refractivity contribution in [1.29, 1.82) is 0 Å². The van der Waals surface area contributed by atoms with Gasteiger partial charge in [-0.25, -0.2) is 0 Å². The third kappa shape index (κ3) is 5.34. The van der Waals surface area contributed by atoms with Crippen molar-refractivity contribution in [3.63, 3.8) is 0 Å². The average molecular weight is 244 g/mol. The highest BCUT2D eigenvalue weighted by Gasteiger charge is 2.26. The van der Waals surface area contributed by atoms with Gasteiger partial charge in [0.25, 0.3) is 0 Å². The van der Waals surface area contributed by atoms with Gasteiger partial charge in [0, 0.05) is 32.8 Å². The number of nitrogens with zero attached hydrogens (tertiary/aromatic N) is 1. The van der Waals surface area contributed by atoms with Crippen LogP contribution in [0.15, 0.2) is 0 Å². The van der Waals surface area contributed by atoms with Crippen LogP contribution in [-0.2, 0) is 9.47 Å². The molecule has 17 heavy (non-hydrogen) atoms. The van der Waals surface area contributed by atoms with E-state index in [1.807, 2.05) is 7.05 Å². The SMILES string of the molecule is CCCN1CCOC(C(CCCOC)NC)C1. The van der Waals surface area contributed by atoms with Crippen LogP contribution < -0.4 is 5.32 Å². The van der Waals surface area contributed by atoms with E-state index in [-0.39, 0.29) is 0 Å². The molecule has 0 saturated carbocycles. The molecule has 4 nitrogen and oxygen atoms in total. The van der Waals surface area contributed by atoms with Crippen LogP contribution in [0.2, 0.25) is 0 Å². The van der Waals surface area contributed by atoms with Crippen LogP contribution in [-0.4, -0.2) is 64.1 Å². The lowest BCUT2D eigenvalue weighted by molar-refractivity contribution is -0.0473. The van der Waals surface area contributed by atoms with Crippen molar-refractivity contribution < 1.29 is 9.47 Å². The van der Waals surface area contributed by atoms with Gasteiger partial charge in [0.15, 0.2) is 0 Å². The molecule has 1 aliphatic rings. The molecule has 2 unspecified atom stereocenters. The zero-order valence-electron chi connectivity index (χ0n) is 11.6. The minimum absolute atomic E-state index is 0.331. The minimum Gasteiger partial charge on any atom is -0.385 e. The summed E-state index contributed by atoms with van der Waals surface area (Å²) in [5.41, 5.74) is 0. The maximum atomic E-state index is 5.89. The molecule has 0 aromatic carbocycles. The topological polar surface area (TPSA) is 33.7 Å². The summed E-state index contributed by atoms with van der Waals surface area (Å²) < 4.78 is 11.0. The summed E-state index contributed by atoms with van der Waals surface area (Å²) in [6, 6.07) is 0.449. The molecule has 4 heteroatoms. The number of methoxy groups -OCH3 is 1. The molecule has 1 fully saturated rings. The summed E-state index contributed by atoms with van der Waals surface area (Å²) in [5.74, 6) is 0. The van der Waals surface area contributed by atoms with Crippen LogP contribution in [0.25, 0.3) is 0 Å². The van der Waals surface area contributed by atoms with Gasteiger partial charge in [-0.15, -0.1) is 0 Å². The highest BCUT2D eigenvalue weighted by atomic mass is 16.5. The number of ether oxygens (including phenoxy) is 2. The monoisotopic (exact) mass is 244 g/mol. The first-order valence-electron chi connectivity index (χ1n) is 6.82. The van der Waals surface area contributed by atoms with E-state index in [0.717, 1.165) is 39.1 Å². The van der Waals surface area contributed by atoms with E-state index in [1.165, 1.54) is 13.0 Å². The van der Waals surface area contributed by atoms with Crippen molar-refractivity contribution in [2.75, 3.05) is 47.0 Å². The molecule has 1 aliphatic heterocycles. The molecule has 2 atom stereocenters. The van der Waals surface area contributed by atoms with Crippen LogP contribution in [0.3, 0.4) is 0 Å². The molecule has 0 aromatic heterocycles. The lowest BCUT2D eigenvalue weighted by Gasteiger charge is -2.37. The zero-order valence-corrected chi connectivity index (χ0v) is 11.6. The van der Waals surface area contributed by atoms with Gasteiger partial charge in [-0.3, -0.25) is 4.90 Å². The smallest absolute Gasteiger partial charge is 0.0855 e. The van der Waals surface area contributed by atoms with Crippen LogP contribution in [0.5, 0.6) is 0 Å². The zero-order chi connectivity index (χ0) is 12.5. The summed E-state index contributed by atoms with van der Waals surface area (Å²) in [5, 5.41) is 3.39. The van der Waals surface area contributed by atoms with Gasteiger partial charge < -0.3 is 14.8 Å². The Hall–Kier alpha value is -0.160. The van der Waals surface area contributed by atoms with Gasteiger partial charge in [0.2, 0.25) is 0 Å². The number of morpholine rings is 1. The standard InChI is InChI=1S/C13H28N2O2/c1-4-7-15-8-10-17-13(11-15)12(14-2)6-5-9-16-3/h12-14H,4-11H2,1-3H3. The van der Waals surface area contributed by atoms with Gasteiger partial charge in [0.05, 0.1) is 12.7 Å². The summed E-state index contributed by atoms with van der Waals surface area (Å²) in [6.07, 6.45) is 3.77. The van der Waals surface area contributed by atoms with Crippen molar-refractivity contribution >= 4 is 0 Å². The predicted octanol–water partition coefficient (Wildman–Crippen LogP) is 1.11. The van der Waals surface area contributed by atoms with Crippen LogP contribution in [0, 0.1) is 0 Å². The first kappa shape index (κ1) is 14.9. The molecule has 1 N–H and O–H groups in total. The molecule has 0 spiro atoms. The van der Waals surface area contributed by atoms with E-state index in [2.05, 4.69) is 17.1 Å². The fourth-order valence-corrected chi connectivity index (χ4v) is 2.46. The van der Waals surface area contributed by atoms with E-state index >= 15 is 0 Å². The second-order valence-electron chi connectivity index (χ2n) is 4.74. The Morgan fingerprint density at radius 1 is 1.53 bits per heavy atom. The summed E-state index contributed by atoms with van der Waals surface area (Å²) >= 11 is 0. The predicted molar refractivity (Wildman–Crippen MR) is 70.4 cm³/mol. The fraction of sp³-hybridized carbons (Fsp3) is 1.00. The van der Waals surface area contributed by atoms with E-state index < -0.39 is 0 Å². The maximum Gasteiger partial charge on any atom is 0.0855 e. The second kappa shape index (κ2) is 8.86. The van der Waals surface area contributed by atoms with Crippen LogP contribution in [0.1, 0.15) is 26.2 Å². The van der Waals surface area contributed by atoms with Gasteiger partial charge in [-0.05, 0) is 32.9 Å². The molecule has 1 saturated heterocycles. The van der Waals surface area contributed by atoms with E-state index in [1.54, 1.807) is 7.11 Å². The van der Waals surface area contributed by atoms with E-state index in [9.17, 15) is 0 Å². The summed E-state index contributed by atoms with van der Waals surface area (Å²) in [4.78, 5) is 2.51. The summed E-state index contributed by atoms with van der Waals surface area (Å²) in [6.45, 7) is 7.27. The van der Waals surface area contributed by atoms with Crippen molar-refractivity contribution in [3.8, 4) is 0 Å². The van der Waals surface area contributed by atoms with Gasteiger partial charge in [0.1, 0.15) is 0 Å². The highest BCUT2D eigenvalue weighted by molar-refractivity contribution is 4.82. The number of nitrogens with one attached hydrogen (secondary N) is 1. The second-order valence-corrected chi connectivity index (χ2v) is 4.74. The molecule has 102 valence electrons. The molecular formula is C13H28N2O2. The highest BCUT2D eigenvalue weighted by Crippen LogP contribution is 2.13. The molecular weight excluding hydrogens is 216 g/mol. The molecule has 0 aliphatic carbocycles. The molecule has 0 bridgehead atoms. The third-order valence-electron chi connectivity index (χ3n) is 3.40. The first-order valence-corrected chi connectivity index (χ1v) is 6.82. The van der Waals surface area contributed by atoms with Crippen molar-refractivity contribution in [2.24, 2.45) is 0 Å². The quantitative estimate of drug-likeness (QED) is 0.649. The number of hydrogen-bond donors (Lipinski definition) is 1.